The van der Waals surface area contributed by atoms with E-state index in [4.69, 9.17) is 0 Å². The molecule has 138 valence electrons. The van der Waals surface area contributed by atoms with Gasteiger partial charge in [-0.05, 0) is 30.7 Å². The van der Waals surface area contributed by atoms with E-state index in [-0.39, 0.29) is 0 Å². The highest BCUT2D eigenvalue weighted by atomic mass is 32.1. The van der Waals surface area contributed by atoms with E-state index in [1.165, 1.54) is 35.6 Å². The molecule has 0 aliphatic heterocycles. The monoisotopic (exact) mass is 388 g/mol. The molecular weight excluding hydrogens is 373 g/mol. The summed E-state index contributed by atoms with van der Waals surface area (Å²) in [5.74, 6) is -0.461. The third-order valence-corrected chi connectivity index (χ3v) is 4.48. The van der Waals surface area contributed by atoms with E-state index in [0.717, 1.165) is 29.0 Å². The molecule has 0 bridgehead atoms. The summed E-state index contributed by atoms with van der Waals surface area (Å²) in [6, 6.07) is 12.6. The van der Waals surface area contributed by atoms with Crippen LogP contribution in [-0.4, -0.2) is 10.9 Å². The van der Waals surface area contributed by atoms with E-state index in [9.17, 15) is 18.0 Å². The number of carbonyl (C=O) groups excluding carboxylic acids is 1. The van der Waals surface area contributed by atoms with Gasteiger partial charge in [-0.15, -0.1) is 11.3 Å². The predicted octanol–water partition coefficient (Wildman–Crippen LogP) is 5.79. The second-order valence-electron chi connectivity index (χ2n) is 5.85. The van der Waals surface area contributed by atoms with Crippen LogP contribution in [-0.2, 0) is 11.0 Å². The van der Waals surface area contributed by atoms with Gasteiger partial charge in [0.2, 0.25) is 5.91 Å². The fraction of sp³-hybridized carbons (Fsp3) is 0.100. The number of anilines is 1. The first-order chi connectivity index (χ1) is 12.8. The highest BCUT2D eigenvalue weighted by molar-refractivity contribution is 7.14. The Labute approximate surface area is 158 Å². The van der Waals surface area contributed by atoms with Gasteiger partial charge in [-0.25, -0.2) is 4.98 Å². The van der Waals surface area contributed by atoms with Gasteiger partial charge < -0.3 is 0 Å². The summed E-state index contributed by atoms with van der Waals surface area (Å²) in [6.07, 6.45) is -1.90. The minimum absolute atomic E-state index is 0.291. The Morgan fingerprint density at radius 1 is 1.15 bits per heavy atom. The fourth-order valence-electron chi connectivity index (χ4n) is 2.33. The smallest absolute Gasteiger partial charge is 0.298 e. The zero-order chi connectivity index (χ0) is 19.4. The van der Waals surface area contributed by atoms with E-state index in [1.807, 2.05) is 36.6 Å². The topological polar surface area (TPSA) is 42.0 Å². The van der Waals surface area contributed by atoms with Crippen LogP contribution in [0.4, 0.5) is 18.3 Å². The van der Waals surface area contributed by atoms with E-state index < -0.39 is 17.6 Å². The van der Waals surface area contributed by atoms with Crippen LogP contribution in [0.5, 0.6) is 0 Å². The molecular formula is C20H15F3N2OS. The quantitative estimate of drug-likeness (QED) is 0.575. The minimum atomic E-state index is -4.42. The van der Waals surface area contributed by atoms with Crippen LogP contribution in [0.2, 0.25) is 0 Å². The van der Waals surface area contributed by atoms with Gasteiger partial charge in [0.1, 0.15) is 0 Å². The molecule has 0 saturated carbocycles. The molecule has 3 nitrogen and oxygen atoms in total. The number of alkyl halides is 3. The lowest BCUT2D eigenvalue weighted by atomic mass is 10.1. The van der Waals surface area contributed by atoms with E-state index in [0.29, 0.717) is 10.7 Å². The lowest BCUT2D eigenvalue weighted by Gasteiger charge is -2.06. The van der Waals surface area contributed by atoms with Gasteiger partial charge in [-0.1, -0.05) is 42.0 Å². The van der Waals surface area contributed by atoms with Crippen molar-refractivity contribution in [2.45, 2.75) is 13.1 Å². The molecule has 0 atom stereocenters. The number of carbonyl (C=O) groups is 1. The Morgan fingerprint density at radius 3 is 2.59 bits per heavy atom. The van der Waals surface area contributed by atoms with Crippen molar-refractivity contribution in [2.75, 3.05) is 5.32 Å². The summed E-state index contributed by atoms with van der Waals surface area (Å²) in [6.45, 7) is 1.99. The van der Waals surface area contributed by atoms with Crippen molar-refractivity contribution in [3.8, 4) is 11.3 Å². The number of amides is 1. The van der Waals surface area contributed by atoms with Crippen LogP contribution in [0.1, 0.15) is 16.7 Å². The number of aryl methyl sites for hydroxylation is 1. The van der Waals surface area contributed by atoms with Gasteiger partial charge in [-0.2, -0.15) is 13.2 Å². The standard InChI is InChI=1S/C20H15F3N2OS/c1-13-5-8-15(9-6-13)17-12-27-19(24-17)25-18(26)10-7-14-3-2-4-16(11-14)20(21,22)23/h2-12H,1H3,(H,24,25,26)/b10-7+. The number of nitrogens with one attached hydrogen (secondary N) is 1. The van der Waals surface area contributed by atoms with Crippen molar-refractivity contribution in [3.05, 3.63) is 76.7 Å². The molecule has 1 N–H and O–H groups in total. The molecule has 1 heterocycles. The van der Waals surface area contributed by atoms with Crippen molar-refractivity contribution >= 4 is 28.5 Å². The van der Waals surface area contributed by atoms with Gasteiger partial charge in [0.25, 0.3) is 0 Å². The Bertz CT molecular complexity index is 975. The Hall–Kier alpha value is -2.93. The van der Waals surface area contributed by atoms with E-state index in [1.54, 1.807) is 0 Å². The largest absolute Gasteiger partial charge is 0.416 e. The SMILES string of the molecule is Cc1ccc(-c2csc(NC(=O)/C=C/c3cccc(C(F)(F)F)c3)n2)cc1. The van der Waals surface area contributed by atoms with Crippen molar-refractivity contribution < 1.29 is 18.0 Å². The van der Waals surface area contributed by atoms with Gasteiger partial charge in [0.15, 0.2) is 5.13 Å². The van der Waals surface area contributed by atoms with Gasteiger partial charge in [0.05, 0.1) is 11.3 Å². The first-order valence-electron chi connectivity index (χ1n) is 8.00. The Morgan fingerprint density at radius 2 is 1.89 bits per heavy atom. The second-order valence-corrected chi connectivity index (χ2v) is 6.71. The van der Waals surface area contributed by atoms with Crippen LogP contribution in [0, 0.1) is 6.92 Å². The highest BCUT2D eigenvalue weighted by Crippen LogP contribution is 2.30. The van der Waals surface area contributed by atoms with Crippen LogP contribution >= 0.6 is 11.3 Å². The Balaban J connectivity index is 1.66. The van der Waals surface area contributed by atoms with Crippen molar-refractivity contribution in [1.82, 2.24) is 4.98 Å². The van der Waals surface area contributed by atoms with Gasteiger partial charge in [0, 0.05) is 17.0 Å². The predicted molar refractivity (Wildman–Crippen MR) is 101 cm³/mol. The molecule has 0 saturated heterocycles. The number of thiazole rings is 1. The summed E-state index contributed by atoms with van der Waals surface area (Å²) in [5, 5.41) is 4.87. The lowest BCUT2D eigenvalue weighted by molar-refractivity contribution is -0.137. The molecule has 3 rings (SSSR count). The second kappa shape index (κ2) is 7.75. The molecule has 0 spiro atoms. The summed E-state index contributed by atoms with van der Waals surface area (Å²) < 4.78 is 38.1. The molecule has 27 heavy (non-hydrogen) atoms. The lowest BCUT2D eigenvalue weighted by Crippen LogP contribution is -2.07. The maximum Gasteiger partial charge on any atom is 0.416 e. The van der Waals surface area contributed by atoms with Crippen LogP contribution in [0.3, 0.4) is 0 Å². The van der Waals surface area contributed by atoms with Crippen molar-refractivity contribution in [3.63, 3.8) is 0 Å². The average Bonchev–Trinajstić information content (AvgIpc) is 3.08. The van der Waals surface area contributed by atoms with Gasteiger partial charge in [-0.3, -0.25) is 10.1 Å². The van der Waals surface area contributed by atoms with Crippen molar-refractivity contribution in [2.24, 2.45) is 0 Å². The van der Waals surface area contributed by atoms with E-state index >= 15 is 0 Å². The number of benzene rings is 2. The highest BCUT2D eigenvalue weighted by Gasteiger charge is 2.30. The molecule has 3 aromatic rings. The third-order valence-electron chi connectivity index (χ3n) is 3.72. The molecule has 0 fully saturated rings. The Kier molecular flexibility index (Phi) is 5.41. The number of halogens is 3. The first-order valence-corrected chi connectivity index (χ1v) is 8.88. The zero-order valence-electron chi connectivity index (χ0n) is 14.2. The summed E-state index contributed by atoms with van der Waals surface area (Å²) in [5.41, 5.74) is 2.36. The first kappa shape index (κ1) is 18.8. The van der Waals surface area contributed by atoms with Gasteiger partial charge >= 0.3 is 6.18 Å². The number of rotatable bonds is 4. The van der Waals surface area contributed by atoms with Crippen LogP contribution in [0.25, 0.3) is 17.3 Å². The molecule has 0 aliphatic carbocycles. The molecule has 1 amide bonds. The van der Waals surface area contributed by atoms with Crippen LogP contribution < -0.4 is 5.32 Å². The number of hydrogen-bond donors (Lipinski definition) is 1. The minimum Gasteiger partial charge on any atom is -0.298 e. The maximum absolute atomic E-state index is 12.7. The summed E-state index contributed by atoms with van der Waals surface area (Å²) >= 11 is 1.28. The number of nitrogens with zero attached hydrogens (tertiary/aromatic N) is 1. The molecule has 2 aromatic carbocycles. The average molecular weight is 388 g/mol. The summed E-state index contributed by atoms with van der Waals surface area (Å²) in [7, 11) is 0. The molecule has 1 aromatic heterocycles. The zero-order valence-corrected chi connectivity index (χ0v) is 15.1. The summed E-state index contributed by atoms with van der Waals surface area (Å²) in [4.78, 5) is 16.4. The molecule has 0 radical (unpaired) electrons. The van der Waals surface area contributed by atoms with E-state index in [2.05, 4.69) is 10.3 Å². The molecule has 7 heteroatoms. The van der Waals surface area contributed by atoms with Crippen molar-refractivity contribution in [1.29, 1.82) is 0 Å². The normalized spacial score (nSPS) is 11.7. The molecule has 0 unspecified atom stereocenters. The van der Waals surface area contributed by atoms with Crippen LogP contribution in [0.15, 0.2) is 60.0 Å². The third kappa shape index (κ3) is 5.04. The number of aromatic nitrogens is 1. The molecule has 0 aliphatic rings. The fourth-order valence-corrected chi connectivity index (χ4v) is 3.05. The number of hydrogen-bond acceptors (Lipinski definition) is 3. The maximum atomic E-state index is 12.7.